The first kappa shape index (κ1) is 21.4. The predicted octanol–water partition coefficient (Wildman–Crippen LogP) is 3.27. The zero-order valence-corrected chi connectivity index (χ0v) is 18.2. The van der Waals surface area contributed by atoms with Crippen LogP contribution in [0.4, 0.5) is 0 Å². The van der Waals surface area contributed by atoms with Gasteiger partial charge in [0.15, 0.2) is 11.5 Å². The standard InChI is InChI=1S/C22H20ClN5O4/c1-30-17-6-4-3-5-15(17)21-26-25-19-9-10-20(27-28(19)21)32-12-11-24-22(29)16-13-14(23)7-8-18(16)31-2/h3-10,13H,11-12H2,1-2H3,(H,24,29). The smallest absolute Gasteiger partial charge is 0.255 e. The maximum atomic E-state index is 12.4. The van der Waals surface area contributed by atoms with Crippen molar-refractivity contribution in [3.8, 4) is 28.8 Å². The average Bonchev–Trinajstić information content (AvgIpc) is 3.24. The number of nitrogens with one attached hydrogen (secondary N) is 1. The number of amides is 1. The van der Waals surface area contributed by atoms with Crippen LogP contribution in [0, 0.1) is 0 Å². The summed E-state index contributed by atoms with van der Waals surface area (Å²) in [5, 5.41) is 16.1. The largest absolute Gasteiger partial charge is 0.496 e. The zero-order valence-electron chi connectivity index (χ0n) is 17.4. The minimum atomic E-state index is -0.311. The number of ether oxygens (including phenoxy) is 3. The van der Waals surface area contributed by atoms with E-state index >= 15 is 0 Å². The van der Waals surface area contributed by atoms with E-state index in [0.717, 1.165) is 5.56 Å². The molecule has 1 amide bonds. The van der Waals surface area contributed by atoms with E-state index in [0.29, 0.717) is 39.4 Å². The molecule has 0 aliphatic heterocycles. The normalized spacial score (nSPS) is 10.7. The Morgan fingerprint density at radius 2 is 1.84 bits per heavy atom. The van der Waals surface area contributed by atoms with Crippen LogP contribution in [-0.2, 0) is 0 Å². The van der Waals surface area contributed by atoms with E-state index < -0.39 is 0 Å². The summed E-state index contributed by atoms with van der Waals surface area (Å²) in [5.41, 5.74) is 1.68. The zero-order chi connectivity index (χ0) is 22.5. The first-order chi connectivity index (χ1) is 15.6. The van der Waals surface area contributed by atoms with Gasteiger partial charge in [-0.1, -0.05) is 23.7 Å². The molecule has 2 aromatic heterocycles. The van der Waals surface area contributed by atoms with E-state index in [9.17, 15) is 4.79 Å². The molecule has 2 aromatic carbocycles. The molecule has 10 heteroatoms. The SMILES string of the molecule is COc1ccc(Cl)cc1C(=O)NCCOc1ccc2nnc(-c3ccccc3OC)n2n1. The van der Waals surface area contributed by atoms with Crippen LogP contribution >= 0.6 is 11.6 Å². The van der Waals surface area contributed by atoms with Gasteiger partial charge in [-0.05, 0) is 36.4 Å². The maximum absolute atomic E-state index is 12.4. The molecule has 0 bridgehead atoms. The number of methoxy groups -OCH3 is 2. The van der Waals surface area contributed by atoms with Gasteiger partial charge in [-0.2, -0.15) is 4.52 Å². The second-order valence-electron chi connectivity index (χ2n) is 6.61. The minimum absolute atomic E-state index is 0.208. The van der Waals surface area contributed by atoms with E-state index in [1.165, 1.54) is 7.11 Å². The molecule has 0 saturated heterocycles. The van der Waals surface area contributed by atoms with Crippen LogP contribution < -0.4 is 19.5 Å². The molecule has 4 rings (SSSR count). The maximum Gasteiger partial charge on any atom is 0.255 e. The molecule has 4 aromatic rings. The molecule has 0 spiro atoms. The summed E-state index contributed by atoms with van der Waals surface area (Å²) >= 11 is 5.98. The number of hydrogen-bond acceptors (Lipinski definition) is 7. The third kappa shape index (κ3) is 4.42. The van der Waals surface area contributed by atoms with E-state index in [1.54, 1.807) is 42.0 Å². The molecule has 0 unspecified atom stereocenters. The van der Waals surface area contributed by atoms with Gasteiger partial charge in [0.2, 0.25) is 5.88 Å². The Kier molecular flexibility index (Phi) is 6.37. The van der Waals surface area contributed by atoms with Crippen molar-refractivity contribution in [3.63, 3.8) is 0 Å². The van der Waals surface area contributed by atoms with Crippen molar-refractivity contribution >= 4 is 23.2 Å². The second kappa shape index (κ2) is 9.52. The molecule has 0 radical (unpaired) electrons. The summed E-state index contributed by atoms with van der Waals surface area (Å²) in [5.74, 6) is 1.69. The number of nitrogens with zero attached hydrogens (tertiary/aromatic N) is 4. The van der Waals surface area contributed by atoms with Crippen LogP contribution in [-0.4, -0.2) is 53.1 Å². The Morgan fingerprint density at radius 1 is 1.03 bits per heavy atom. The lowest BCUT2D eigenvalue weighted by Crippen LogP contribution is -2.28. The van der Waals surface area contributed by atoms with Gasteiger partial charge in [-0.25, -0.2) is 0 Å². The molecule has 0 aliphatic carbocycles. The van der Waals surface area contributed by atoms with Crippen LogP contribution in [0.25, 0.3) is 17.0 Å². The van der Waals surface area contributed by atoms with E-state index in [4.69, 9.17) is 25.8 Å². The Balaban J connectivity index is 1.43. The summed E-state index contributed by atoms with van der Waals surface area (Å²) in [4.78, 5) is 12.4. The highest BCUT2D eigenvalue weighted by atomic mass is 35.5. The summed E-state index contributed by atoms with van der Waals surface area (Å²) in [7, 11) is 3.09. The highest BCUT2D eigenvalue weighted by Crippen LogP contribution is 2.28. The van der Waals surface area contributed by atoms with E-state index in [2.05, 4.69) is 20.6 Å². The Bertz CT molecular complexity index is 1260. The van der Waals surface area contributed by atoms with Gasteiger partial charge in [0.05, 0.1) is 31.9 Å². The fraction of sp³-hybridized carbons (Fsp3) is 0.182. The Hall–Kier alpha value is -3.85. The number of fused-ring (bicyclic) bond motifs is 1. The summed E-state index contributed by atoms with van der Waals surface area (Å²) < 4.78 is 17.9. The number of para-hydroxylation sites is 1. The van der Waals surface area contributed by atoms with Gasteiger partial charge >= 0.3 is 0 Å². The van der Waals surface area contributed by atoms with E-state index in [1.807, 2.05) is 24.3 Å². The van der Waals surface area contributed by atoms with Crippen LogP contribution in [0.5, 0.6) is 17.4 Å². The highest BCUT2D eigenvalue weighted by Gasteiger charge is 2.15. The highest BCUT2D eigenvalue weighted by molar-refractivity contribution is 6.31. The van der Waals surface area contributed by atoms with Crippen molar-refractivity contribution in [1.82, 2.24) is 25.1 Å². The molecule has 0 fully saturated rings. The Morgan fingerprint density at radius 3 is 2.66 bits per heavy atom. The van der Waals surface area contributed by atoms with Crippen molar-refractivity contribution < 1.29 is 19.0 Å². The predicted molar refractivity (Wildman–Crippen MR) is 119 cm³/mol. The van der Waals surface area contributed by atoms with Crippen LogP contribution in [0.3, 0.4) is 0 Å². The van der Waals surface area contributed by atoms with E-state index in [-0.39, 0.29) is 19.1 Å². The third-order valence-electron chi connectivity index (χ3n) is 4.63. The van der Waals surface area contributed by atoms with Gasteiger partial charge in [0, 0.05) is 11.1 Å². The quantitative estimate of drug-likeness (QED) is 0.409. The van der Waals surface area contributed by atoms with Crippen LogP contribution in [0.1, 0.15) is 10.4 Å². The number of carbonyl (C=O) groups excluding carboxylic acids is 1. The van der Waals surface area contributed by atoms with Crippen molar-refractivity contribution in [3.05, 3.63) is 65.2 Å². The topological polar surface area (TPSA) is 99.9 Å². The third-order valence-corrected chi connectivity index (χ3v) is 4.87. The molecule has 2 heterocycles. The number of benzene rings is 2. The summed E-state index contributed by atoms with van der Waals surface area (Å²) in [6.07, 6.45) is 0. The summed E-state index contributed by atoms with van der Waals surface area (Å²) in [6.45, 7) is 0.467. The second-order valence-corrected chi connectivity index (χ2v) is 7.05. The van der Waals surface area contributed by atoms with Crippen molar-refractivity contribution in [2.75, 3.05) is 27.4 Å². The number of halogens is 1. The van der Waals surface area contributed by atoms with Gasteiger partial charge in [-0.15, -0.1) is 15.3 Å². The molecule has 0 aliphatic rings. The number of rotatable bonds is 8. The molecule has 164 valence electrons. The first-order valence-corrected chi connectivity index (χ1v) is 10.1. The monoisotopic (exact) mass is 453 g/mol. The molecular formula is C22H20ClN5O4. The fourth-order valence-corrected chi connectivity index (χ4v) is 3.29. The number of aromatic nitrogens is 4. The lowest BCUT2D eigenvalue weighted by molar-refractivity contribution is 0.0943. The van der Waals surface area contributed by atoms with Crippen molar-refractivity contribution in [2.45, 2.75) is 0 Å². The lowest BCUT2D eigenvalue weighted by atomic mass is 10.2. The summed E-state index contributed by atoms with van der Waals surface area (Å²) in [6, 6.07) is 15.8. The van der Waals surface area contributed by atoms with Crippen molar-refractivity contribution in [1.29, 1.82) is 0 Å². The molecule has 1 N–H and O–H groups in total. The molecule has 0 saturated carbocycles. The first-order valence-electron chi connectivity index (χ1n) is 9.71. The van der Waals surface area contributed by atoms with Crippen LogP contribution in [0.2, 0.25) is 5.02 Å². The Labute approximate surface area is 188 Å². The van der Waals surface area contributed by atoms with Gasteiger partial charge < -0.3 is 19.5 Å². The van der Waals surface area contributed by atoms with Gasteiger partial charge in [-0.3, -0.25) is 4.79 Å². The average molecular weight is 454 g/mol. The molecule has 32 heavy (non-hydrogen) atoms. The van der Waals surface area contributed by atoms with Gasteiger partial charge in [0.1, 0.15) is 18.1 Å². The van der Waals surface area contributed by atoms with Crippen molar-refractivity contribution in [2.24, 2.45) is 0 Å². The minimum Gasteiger partial charge on any atom is -0.496 e. The number of carbonyl (C=O) groups is 1. The molecule has 0 atom stereocenters. The number of hydrogen-bond donors (Lipinski definition) is 1. The lowest BCUT2D eigenvalue weighted by Gasteiger charge is -2.10. The van der Waals surface area contributed by atoms with Crippen LogP contribution in [0.15, 0.2) is 54.6 Å². The molecule has 9 nitrogen and oxygen atoms in total. The van der Waals surface area contributed by atoms with Gasteiger partial charge in [0.25, 0.3) is 5.91 Å². The fourth-order valence-electron chi connectivity index (χ4n) is 3.12. The molecular weight excluding hydrogens is 434 g/mol.